The summed E-state index contributed by atoms with van der Waals surface area (Å²) in [6, 6.07) is 15.7. The number of hydrogen-bond acceptors (Lipinski definition) is 3. The van der Waals surface area contributed by atoms with Crippen LogP contribution in [0.4, 0.5) is 0 Å². The van der Waals surface area contributed by atoms with Crippen LogP contribution in [0.15, 0.2) is 64.6 Å². The normalized spacial score (nSPS) is 10.7. The number of pyridine rings is 1. The zero-order valence-corrected chi connectivity index (χ0v) is 12.2. The number of carboxylic acids is 1. The van der Waals surface area contributed by atoms with Crippen molar-refractivity contribution in [1.82, 2.24) is 4.98 Å². The average molecular weight is 295 g/mol. The maximum atomic E-state index is 11.3. The highest BCUT2D eigenvalue weighted by atomic mass is 32.2. The Balaban J connectivity index is 2.09. The number of nitrogens with zero attached hydrogens (tertiary/aromatic N) is 1. The van der Waals surface area contributed by atoms with E-state index in [1.54, 1.807) is 11.8 Å². The quantitative estimate of drug-likeness (QED) is 0.778. The number of hydrogen-bond donors (Lipinski definition) is 1. The fourth-order valence-electron chi connectivity index (χ4n) is 2.14. The zero-order valence-electron chi connectivity index (χ0n) is 11.4. The first-order valence-corrected chi connectivity index (χ1v) is 7.32. The number of carboxylic acid groups (broad SMARTS) is 1. The molecule has 0 aliphatic carbocycles. The van der Waals surface area contributed by atoms with E-state index in [1.165, 1.54) is 11.8 Å². The third-order valence-electron chi connectivity index (χ3n) is 3.22. The average Bonchev–Trinajstić information content (AvgIpc) is 2.49. The molecule has 2 aromatic carbocycles. The van der Waals surface area contributed by atoms with Gasteiger partial charge in [-0.05, 0) is 19.1 Å². The molecule has 1 aromatic heterocycles. The minimum atomic E-state index is -0.953. The standard InChI is InChI=1S/C17H13NO2S/c1-11-6-8-12(9-7-11)21-16-14-5-3-2-4-13(14)15(10-18-16)17(19)20/h2-10H,1H3,(H,19,20). The molecule has 0 amide bonds. The van der Waals surface area contributed by atoms with E-state index in [2.05, 4.69) is 17.1 Å². The van der Waals surface area contributed by atoms with Crippen LogP contribution in [0.5, 0.6) is 0 Å². The molecule has 0 bridgehead atoms. The molecule has 0 aliphatic heterocycles. The van der Waals surface area contributed by atoms with E-state index in [9.17, 15) is 9.90 Å². The summed E-state index contributed by atoms with van der Waals surface area (Å²) in [5.74, 6) is -0.953. The molecule has 4 heteroatoms. The highest BCUT2D eigenvalue weighted by Crippen LogP contribution is 2.33. The molecular weight excluding hydrogens is 282 g/mol. The lowest BCUT2D eigenvalue weighted by molar-refractivity contribution is 0.0698. The Morgan fingerprint density at radius 3 is 2.38 bits per heavy atom. The first-order valence-electron chi connectivity index (χ1n) is 6.51. The number of fused-ring (bicyclic) bond motifs is 1. The predicted molar refractivity (Wildman–Crippen MR) is 84.0 cm³/mol. The van der Waals surface area contributed by atoms with Crippen molar-refractivity contribution in [2.45, 2.75) is 16.8 Å². The van der Waals surface area contributed by atoms with Gasteiger partial charge in [-0.2, -0.15) is 0 Å². The summed E-state index contributed by atoms with van der Waals surface area (Å²) >= 11 is 1.54. The Labute approximate surface area is 126 Å². The maximum absolute atomic E-state index is 11.3. The third kappa shape index (κ3) is 2.76. The molecule has 3 nitrogen and oxygen atoms in total. The first kappa shape index (κ1) is 13.6. The van der Waals surface area contributed by atoms with Crippen molar-refractivity contribution < 1.29 is 9.90 Å². The minimum absolute atomic E-state index is 0.235. The Morgan fingerprint density at radius 1 is 1.05 bits per heavy atom. The molecule has 0 unspecified atom stereocenters. The molecule has 0 saturated heterocycles. The van der Waals surface area contributed by atoms with Gasteiger partial charge in [0.25, 0.3) is 0 Å². The van der Waals surface area contributed by atoms with Gasteiger partial charge < -0.3 is 5.11 Å². The van der Waals surface area contributed by atoms with Crippen LogP contribution in [0.1, 0.15) is 15.9 Å². The summed E-state index contributed by atoms with van der Waals surface area (Å²) in [6.07, 6.45) is 1.43. The van der Waals surface area contributed by atoms with Gasteiger partial charge in [0.15, 0.2) is 0 Å². The van der Waals surface area contributed by atoms with Gasteiger partial charge in [0.1, 0.15) is 5.03 Å². The van der Waals surface area contributed by atoms with Crippen molar-refractivity contribution in [2.75, 3.05) is 0 Å². The maximum Gasteiger partial charge on any atom is 0.337 e. The number of rotatable bonds is 3. The Morgan fingerprint density at radius 2 is 1.71 bits per heavy atom. The van der Waals surface area contributed by atoms with E-state index in [0.717, 1.165) is 20.7 Å². The third-order valence-corrected chi connectivity index (χ3v) is 4.25. The second kappa shape index (κ2) is 5.58. The predicted octanol–water partition coefficient (Wildman–Crippen LogP) is 4.39. The van der Waals surface area contributed by atoms with Gasteiger partial charge in [-0.15, -0.1) is 0 Å². The van der Waals surface area contributed by atoms with E-state index in [4.69, 9.17) is 0 Å². The van der Waals surface area contributed by atoms with Gasteiger partial charge in [0.05, 0.1) is 5.56 Å². The highest BCUT2D eigenvalue weighted by molar-refractivity contribution is 7.99. The lowest BCUT2D eigenvalue weighted by atomic mass is 10.1. The van der Waals surface area contributed by atoms with Gasteiger partial charge in [0, 0.05) is 21.9 Å². The van der Waals surface area contributed by atoms with Crippen LogP contribution in [0.3, 0.4) is 0 Å². The van der Waals surface area contributed by atoms with Crippen molar-refractivity contribution in [2.24, 2.45) is 0 Å². The summed E-state index contributed by atoms with van der Waals surface area (Å²) in [6.45, 7) is 2.05. The van der Waals surface area contributed by atoms with Crippen LogP contribution in [-0.2, 0) is 0 Å². The summed E-state index contributed by atoms with van der Waals surface area (Å²) in [5.41, 5.74) is 1.44. The number of aromatic nitrogens is 1. The fourth-order valence-corrected chi connectivity index (χ4v) is 3.03. The Kier molecular flexibility index (Phi) is 3.62. The minimum Gasteiger partial charge on any atom is -0.478 e. The topological polar surface area (TPSA) is 50.2 Å². The van der Waals surface area contributed by atoms with E-state index < -0.39 is 5.97 Å². The fraction of sp³-hybridized carbons (Fsp3) is 0.0588. The molecule has 104 valence electrons. The Hall–Kier alpha value is -2.33. The molecule has 0 spiro atoms. The van der Waals surface area contributed by atoms with Gasteiger partial charge >= 0.3 is 5.97 Å². The van der Waals surface area contributed by atoms with E-state index in [-0.39, 0.29) is 5.56 Å². The van der Waals surface area contributed by atoms with Crippen molar-refractivity contribution in [3.8, 4) is 0 Å². The molecular formula is C17H13NO2S. The van der Waals surface area contributed by atoms with Crippen LogP contribution < -0.4 is 0 Å². The van der Waals surface area contributed by atoms with Gasteiger partial charge in [-0.3, -0.25) is 0 Å². The first-order chi connectivity index (χ1) is 10.1. The van der Waals surface area contributed by atoms with Gasteiger partial charge in [-0.1, -0.05) is 53.7 Å². The van der Waals surface area contributed by atoms with Crippen LogP contribution in [0, 0.1) is 6.92 Å². The molecule has 0 aliphatic rings. The lowest BCUT2D eigenvalue weighted by Gasteiger charge is -2.08. The van der Waals surface area contributed by atoms with Crippen molar-refractivity contribution >= 4 is 28.5 Å². The molecule has 0 atom stereocenters. The molecule has 3 aromatic rings. The Bertz CT molecular complexity index is 813. The lowest BCUT2D eigenvalue weighted by Crippen LogP contribution is -1.99. The number of benzene rings is 2. The van der Waals surface area contributed by atoms with Crippen molar-refractivity contribution in [1.29, 1.82) is 0 Å². The van der Waals surface area contributed by atoms with Crippen LogP contribution in [0.2, 0.25) is 0 Å². The molecule has 0 fully saturated rings. The summed E-state index contributed by atoms with van der Waals surface area (Å²) < 4.78 is 0. The van der Waals surface area contributed by atoms with Crippen LogP contribution in [-0.4, -0.2) is 16.1 Å². The molecule has 21 heavy (non-hydrogen) atoms. The van der Waals surface area contributed by atoms with Crippen molar-refractivity contribution in [3.05, 3.63) is 65.9 Å². The number of aryl methyl sites for hydroxylation is 1. The smallest absolute Gasteiger partial charge is 0.337 e. The largest absolute Gasteiger partial charge is 0.478 e. The summed E-state index contributed by atoms with van der Waals surface area (Å²) in [7, 11) is 0. The molecule has 0 radical (unpaired) electrons. The van der Waals surface area contributed by atoms with Crippen molar-refractivity contribution in [3.63, 3.8) is 0 Å². The van der Waals surface area contributed by atoms with E-state index >= 15 is 0 Å². The second-order valence-electron chi connectivity index (χ2n) is 4.74. The molecule has 3 rings (SSSR count). The van der Waals surface area contributed by atoms with E-state index in [0.29, 0.717) is 0 Å². The number of carbonyl (C=O) groups is 1. The van der Waals surface area contributed by atoms with Crippen LogP contribution in [0.25, 0.3) is 10.8 Å². The van der Waals surface area contributed by atoms with Gasteiger partial charge in [-0.25, -0.2) is 9.78 Å². The molecule has 1 N–H and O–H groups in total. The van der Waals surface area contributed by atoms with E-state index in [1.807, 2.05) is 43.3 Å². The molecule has 0 saturated carbocycles. The van der Waals surface area contributed by atoms with Gasteiger partial charge in [0.2, 0.25) is 0 Å². The summed E-state index contributed by atoms with van der Waals surface area (Å²) in [5, 5.41) is 11.6. The monoisotopic (exact) mass is 295 g/mol. The zero-order chi connectivity index (χ0) is 14.8. The number of aromatic carboxylic acids is 1. The second-order valence-corrected chi connectivity index (χ2v) is 5.81. The SMILES string of the molecule is Cc1ccc(Sc2ncc(C(=O)O)c3ccccc23)cc1. The molecule has 1 heterocycles. The summed E-state index contributed by atoms with van der Waals surface area (Å²) in [4.78, 5) is 16.7. The van der Waals surface area contributed by atoms with Crippen LogP contribution >= 0.6 is 11.8 Å². The highest BCUT2D eigenvalue weighted by Gasteiger charge is 2.12.